The van der Waals surface area contributed by atoms with Crippen molar-refractivity contribution in [3.8, 4) is 0 Å². The molecule has 0 amide bonds. The average Bonchev–Trinajstić information content (AvgIpc) is 2.37. The van der Waals surface area contributed by atoms with E-state index in [1.54, 1.807) is 0 Å². The lowest BCUT2D eigenvalue weighted by atomic mass is 9.74. The lowest BCUT2D eigenvalue weighted by Crippen LogP contribution is -2.41. The highest BCUT2D eigenvalue weighted by molar-refractivity contribution is 7.90. The van der Waals surface area contributed by atoms with Crippen LogP contribution in [0.5, 0.6) is 0 Å². The largest absolute Gasteiger partial charge is 0.314 e. The number of sulfone groups is 1. The quantitative estimate of drug-likeness (QED) is 0.710. The zero-order valence-electron chi connectivity index (χ0n) is 13.5. The van der Waals surface area contributed by atoms with Crippen LogP contribution in [0.1, 0.15) is 65.2 Å². The molecule has 0 aromatic heterocycles. The number of rotatable bonds is 9. The molecular formula is C16H33NO2S. The van der Waals surface area contributed by atoms with Crippen LogP contribution < -0.4 is 5.32 Å². The van der Waals surface area contributed by atoms with E-state index >= 15 is 0 Å². The van der Waals surface area contributed by atoms with E-state index in [9.17, 15) is 8.42 Å². The summed E-state index contributed by atoms with van der Waals surface area (Å²) in [4.78, 5) is 0. The maximum atomic E-state index is 11.3. The number of nitrogens with one attached hydrogen (secondary N) is 1. The molecule has 1 fully saturated rings. The van der Waals surface area contributed by atoms with Crippen LogP contribution in [0.3, 0.4) is 0 Å². The molecule has 20 heavy (non-hydrogen) atoms. The molecule has 0 spiro atoms. The summed E-state index contributed by atoms with van der Waals surface area (Å²) in [6, 6.07) is 0.614. The zero-order chi connectivity index (χ0) is 15.0. The molecule has 1 aliphatic rings. The second-order valence-corrected chi connectivity index (χ2v) is 8.82. The van der Waals surface area contributed by atoms with Crippen LogP contribution in [0.15, 0.2) is 0 Å². The third-order valence-corrected chi connectivity index (χ3v) is 5.56. The Morgan fingerprint density at radius 1 is 1.10 bits per heavy atom. The highest BCUT2D eigenvalue weighted by Crippen LogP contribution is 2.34. The number of hydrogen-bond donors (Lipinski definition) is 1. The van der Waals surface area contributed by atoms with Crippen LogP contribution in [0.2, 0.25) is 0 Å². The third-order valence-electron chi connectivity index (χ3n) is 4.53. The van der Waals surface area contributed by atoms with Gasteiger partial charge in [-0.3, -0.25) is 0 Å². The van der Waals surface area contributed by atoms with E-state index in [1.165, 1.54) is 44.8 Å². The van der Waals surface area contributed by atoms with Gasteiger partial charge >= 0.3 is 0 Å². The van der Waals surface area contributed by atoms with Crippen molar-refractivity contribution in [3.05, 3.63) is 0 Å². The Labute approximate surface area is 125 Å². The fourth-order valence-electron chi connectivity index (χ4n) is 3.56. The summed E-state index contributed by atoms with van der Waals surface area (Å²) >= 11 is 0. The Bertz CT molecular complexity index is 353. The molecule has 3 atom stereocenters. The zero-order valence-corrected chi connectivity index (χ0v) is 14.3. The maximum absolute atomic E-state index is 11.3. The second kappa shape index (κ2) is 9.04. The fourth-order valence-corrected chi connectivity index (χ4v) is 4.25. The molecule has 0 aromatic rings. The van der Waals surface area contributed by atoms with E-state index in [-0.39, 0.29) is 0 Å². The van der Waals surface area contributed by atoms with Crippen LogP contribution >= 0.6 is 0 Å². The Kier molecular flexibility index (Phi) is 8.11. The Balaban J connectivity index is 2.47. The molecule has 3 nitrogen and oxygen atoms in total. The molecule has 1 N–H and O–H groups in total. The van der Waals surface area contributed by atoms with E-state index in [0.717, 1.165) is 25.3 Å². The van der Waals surface area contributed by atoms with Crippen molar-refractivity contribution < 1.29 is 8.42 Å². The van der Waals surface area contributed by atoms with E-state index in [1.807, 2.05) is 0 Å². The molecular weight excluding hydrogens is 270 g/mol. The molecule has 0 aromatic carbocycles. The van der Waals surface area contributed by atoms with Gasteiger partial charge in [0.2, 0.25) is 0 Å². The van der Waals surface area contributed by atoms with Crippen molar-refractivity contribution >= 4 is 9.84 Å². The molecule has 3 unspecified atom stereocenters. The topological polar surface area (TPSA) is 46.2 Å². The van der Waals surface area contributed by atoms with Crippen LogP contribution in [0.25, 0.3) is 0 Å². The molecule has 1 saturated carbocycles. The van der Waals surface area contributed by atoms with Crippen LogP contribution in [-0.4, -0.2) is 33.0 Å². The van der Waals surface area contributed by atoms with E-state index < -0.39 is 9.84 Å². The lowest BCUT2D eigenvalue weighted by Gasteiger charge is -2.37. The number of hydrogen-bond acceptors (Lipinski definition) is 3. The Morgan fingerprint density at radius 2 is 1.85 bits per heavy atom. The predicted molar refractivity (Wildman–Crippen MR) is 86.8 cm³/mol. The summed E-state index contributed by atoms with van der Waals surface area (Å²) in [7, 11) is -2.80. The minimum absolute atomic E-state index is 0.350. The van der Waals surface area contributed by atoms with Gasteiger partial charge in [-0.1, -0.05) is 26.7 Å². The first-order valence-corrected chi connectivity index (χ1v) is 10.4. The van der Waals surface area contributed by atoms with Gasteiger partial charge in [-0.25, -0.2) is 8.42 Å². The highest BCUT2D eigenvalue weighted by Gasteiger charge is 2.29. The van der Waals surface area contributed by atoms with Crippen LogP contribution in [0, 0.1) is 11.8 Å². The summed E-state index contributed by atoms with van der Waals surface area (Å²) in [5.74, 6) is 1.89. The average molecular weight is 304 g/mol. The highest BCUT2D eigenvalue weighted by atomic mass is 32.2. The van der Waals surface area contributed by atoms with Gasteiger partial charge in [0.1, 0.15) is 9.84 Å². The molecule has 0 aliphatic heterocycles. The summed E-state index contributed by atoms with van der Waals surface area (Å²) < 4.78 is 22.6. The molecule has 0 bridgehead atoms. The molecule has 1 rings (SSSR count). The van der Waals surface area contributed by atoms with Crippen molar-refractivity contribution in [2.45, 2.75) is 71.3 Å². The minimum atomic E-state index is -2.80. The minimum Gasteiger partial charge on any atom is -0.314 e. The van der Waals surface area contributed by atoms with Crippen LogP contribution in [-0.2, 0) is 9.84 Å². The van der Waals surface area contributed by atoms with Gasteiger partial charge in [0.05, 0.1) is 0 Å². The van der Waals surface area contributed by atoms with Crippen molar-refractivity contribution in [2.75, 3.05) is 18.6 Å². The first-order chi connectivity index (χ1) is 9.46. The summed E-state index contributed by atoms with van der Waals surface area (Å²) in [5, 5.41) is 3.68. The summed E-state index contributed by atoms with van der Waals surface area (Å²) in [6.45, 7) is 5.56. The van der Waals surface area contributed by atoms with Crippen molar-refractivity contribution in [1.82, 2.24) is 5.32 Å². The van der Waals surface area contributed by atoms with Gasteiger partial charge in [0.25, 0.3) is 0 Å². The Morgan fingerprint density at radius 3 is 2.45 bits per heavy atom. The van der Waals surface area contributed by atoms with Gasteiger partial charge < -0.3 is 5.32 Å². The van der Waals surface area contributed by atoms with E-state index in [2.05, 4.69) is 19.2 Å². The third kappa shape index (κ3) is 7.07. The normalized spacial score (nSPS) is 27.6. The molecule has 0 saturated heterocycles. The fraction of sp³-hybridized carbons (Fsp3) is 1.00. The molecule has 0 radical (unpaired) electrons. The van der Waals surface area contributed by atoms with Crippen molar-refractivity contribution in [1.29, 1.82) is 0 Å². The molecule has 4 heteroatoms. The van der Waals surface area contributed by atoms with Crippen LogP contribution in [0.4, 0.5) is 0 Å². The van der Waals surface area contributed by atoms with Crippen molar-refractivity contribution in [3.63, 3.8) is 0 Å². The predicted octanol–water partition coefficient (Wildman–Crippen LogP) is 3.40. The van der Waals surface area contributed by atoms with Gasteiger partial charge in [0, 0.05) is 18.1 Å². The molecule has 1 aliphatic carbocycles. The summed E-state index contributed by atoms with van der Waals surface area (Å²) in [5.41, 5.74) is 0. The van der Waals surface area contributed by atoms with Gasteiger partial charge in [-0.05, 0) is 56.9 Å². The maximum Gasteiger partial charge on any atom is 0.147 e. The SMILES string of the molecule is CCCNC1CCC(CCC)CC1CCCS(C)(=O)=O. The van der Waals surface area contributed by atoms with Gasteiger partial charge in [-0.15, -0.1) is 0 Å². The van der Waals surface area contributed by atoms with E-state index in [4.69, 9.17) is 0 Å². The lowest BCUT2D eigenvalue weighted by molar-refractivity contribution is 0.185. The van der Waals surface area contributed by atoms with Gasteiger partial charge in [-0.2, -0.15) is 0 Å². The summed E-state index contributed by atoms with van der Waals surface area (Å²) in [6.07, 6.45) is 10.9. The first kappa shape index (κ1) is 18.0. The molecule has 0 heterocycles. The smallest absolute Gasteiger partial charge is 0.147 e. The molecule has 120 valence electrons. The Hall–Kier alpha value is -0.0900. The van der Waals surface area contributed by atoms with E-state index in [0.29, 0.717) is 17.7 Å². The monoisotopic (exact) mass is 303 g/mol. The second-order valence-electron chi connectivity index (χ2n) is 6.56. The standard InChI is InChI=1S/C16H33NO2S/c1-4-7-14-9-10-16(17-11-5-2)15(13-14)8-6-12-20(3,18)19/h14-17H,4-13H2,1-3H3. The first-order valence-electron chi connectivity index (χ1n) is 8.37. The van der Waals surface area contributed by atoms with Crippen molar-refractivity contribution in [2.24, 2.45) is 11.8 Å². The van der Waals surface area contributed by atoms with Gasteiger partial charge in [0.15, 0.2) is 0 Å².